The van der Waals surface area contributed by atoms with E-state index in [1.807, 2.05) is 6.92 Å². The highest BCUT2D eigenvalue weighted by Crippen LogP contribution is 1.94. The lowest BCUT2D eigenvalue weighted by atomic mass is 10.2. The Labute approximate surface area is 83.4 Å². The zero-order valence-corrected chi connectivity index (χ0v) is 8.58. The molecule has 0 aliphatic carbocycles. The minimum atomic E-state index is -0.911. The summed E-state index contributed by atoms with van der Waals surface area (Å²) in [6.07, 6.45) is 1.17. The van der Waals surface area contributed by atoms with Crippen molar-refractivity contribution >= 4 is 11.9 Å². The Kier molecular flexibility index (Phi) is 6.74. The van der Waals surface area contributed by atoms with Gasteiger partial charge in [0.05, 0.1) is 6.61 Å². The third-order valence-electron chi connectivity index (χ3n) is 1.65. The number of rotatable bonds is 7. The molecule has 0 fully saturated rings. The standard InChI is InChI=1S/C9H17NO4/c1-3-5-10-8(9(12)13)4-6-14-7(2)11/h8,10H,3-6H2,1-2H3,(H,12,13)/t8-/m0/s1. The van der Waals surface area contributed by atoms with Crippen LogP contribution < -0.4 is 5.32 Å². The molecule has 2 N–H and O–H groups in total. The van der Waals surface area contributed by atoms with Crippen LogP contribution in [-0.2, 0) is 14.3 Å². The van der Waals surface area contributed by atoms with E-state index in [1.165, 1.54) is 6.92 Å². The number of aliphatic carboxylic acids is 1. The molecule has 0 spiro atoms. The minimum absolute atomic E-state index is 0.142. The first-order valence-electron chi connectivity index (χ1n) is 4.67. The first-order chi connectivity index (χ1) is 6.57. The van der Waals surface area contributed by atoms with Gasteiger partial charge in [-0.05, 0) is 13.0 Å². The van der Waals surface area contributed by atoms with Crippen molar-refractivity contribution in [1.29, 1.82) is 0 Å². The molecule has 0 aromatic rings. The van der Waals surface area contributed by atoms with Crippen molar-refractivity contribution in [3.05, 3.63) is 0 Å². The molecule has 5 heteroatoms. The van der Waals surface area contributed by atoms with E-state index in [0.29, 0.717) is 13.0 Å². The molecule has 0 rings (SSSR count). The largest absolute Gasteiger partial charge is 0.480 e. The summed E-state index contributed by atoms with van der Waals surface area (Å²) >= 11 is 0. The van der Waals surface area contributed by atoms with E-state index in [2.05, 4.69) is 10.1 Å². The maximum absolute atomic E-state index is 10.7. The lowest BCUT2D eigenvalue weighted by Gasteiger charge is -2.13. The Morgan fingerprint density at radius 1 is 1.50 bits per heavy atom. The maximum Gasteiger partial charge on any atom is 0.320 e. The highest BCUT2D eigenvalue weighted by atomic mass is 16.5. The Hall–Kier alpha value is -1.10. The van der Waals surface area contributed by atoms with Crippen molar-refractivity contribution in [2.45, 2.75) is 32.7 Å². The number of nitrogens with one attached hydrogen (secondary N) is 1. The molecule has 0 unspecified atom stereocenters. The Morgan fingerprint density at radius 2 is 2.14 bits per heavy atom. The lowest BCUT2D eigenvalue weighted by molar-refractivity contribution is -0.144. The number of ether oxygens (including phenoxy) is 1. The fourth-order valence-electron chi connectivity index (χ4n) is 0.952. The van der Waals surface area contributed by atoms with Crippen LogP contribution in [0.25, 0.3) is 0 Å². The molecule has 0 amide bonds. The molecule has 14 heavy (non-hydrogen) atoms. The van der Waals surface area contributed by atoms with Crippen LogP contribution in [-0.4, -0.2) is 36.2 Å². The predicted molar refractivity (Wildman–Crippen MR) is 51.0 cm³/mol. The second-order valence-electron chi connectivity index (χ2n) is 2.97. The lowest BCUT2D eigenvalue weighted by Crippen LogP contribution is -2.38. The van der Waals surface area contributed by atoms with Gasteiger partial charge in [-0.3, -0.25) is 9.59 Å². The van der Waals surface area contributed by atoms with Gasteiger partial charge in [0.2, 0.25) is 0 Å². The highest BCUT2D eigenvalue weighted by Gasteiger charge is 2.15. The fraction of sp³-hybridized carbons (Fsp3) is 0.778. The summed E-state index contributed by atoms with van der Waals surface area (Å²) in [6, 6.07) is -0.630. The third-order valence-corrected chi connectivity index (χ3v) is 1.65. The molecule has 0 radical (unpaired) electrons. The molecule has 0 saturated heterocycles. The highest BCUT2D eigenvalue weighted by molar-refractivity contribution is 5.73. The van der Waals surface area contributed by atoms with Crippen LogP contribution >= 0.6 is 0 Å². The summed E-state index contributed by atoms with van der Waals surface area (Å²) < 4.78 is 4.66. The average molecular weight is 203 g/mol. The molecule has 1 atom stereocenters. The van der Waals surface area contributed by atoms with Crippen molar-refractivity contribution in [3.8, 4) is 0 Å². The summed E-state index contributed by atoms with van der Waals surface area (Å²) in [5.74, 6) is -1.30. The molecule has 82 valence electrons. The second kappa shape index (κ2) is 7.32. The van der Waals surface area contributed by atoms with Gasteiger partial charge in [-0.2, -0.15) is 0 Å². The zero-order chi connectivity index (χ0) is 11.0. The van der Waals surface area contributed by atoms with Crippen LogP contribution in [0.4, 0.5) is 0 Å². The van der Waals surface area contributed by atoms with Gasteiger partial charge in [0.15, 0.2) is 0 Å². The molecular weight excluding hydrogens is 186 g/mol. The first-order valence-corrected chi connectivity index (χ1v) is 4.67. The Balaban J connectivity index is 3.73. The summed E-state index contributed by atoms with van der Waals surface area (Å²) in [5, 5.41) is 11.6. The van der Waals surface area contributed by atoms with Crippen LogP contribution in [0.5, 0.6) is 0 Å². The number of carbonyl (C=O) groups is 2. The molecule has 0 saturated carbocycles. The Bertz CT molecular complexity index is 193. The summed E-state index contributed by atoms with van der Waals surface area (Å²) in [7, 11) is 0. The second-order valence-corrected chi connectivity index (χ2v) is 2.97. The van der Waals surface area contributed by atoms with Crippen LogP contribution in [0.1, 0.15) is 26.7 Å². The van der Waals surface area contributed by atoms with Crippen molar-refractivity contribution in [2.75, 3.05) is 13.2 Å². The maximum atomic E-state index is 10.7. The van der Waals surface area contributed by atoms with Gasteiger partial charge in [-0.1, -0.05) is 6.92 Å². The van der Waals surface area contributed by atoms with Crippen molar-refractivity contribution in [3.63, 3.8) is 0 Å². The third kappa shape index (κ3) is 6.42. The van der Waals surface area contributed by atoms with Gasteiger partial charge in [0, 0.05) is 13.3 Å². The summed E-state index contributed by atoms with van der Waals surface area (Å²) in [4.78, 5) is 21.1. The van der Waals surface area contributed by atoms with Gasteiger partial charge in [-0.15, -0.1) is 0 Å². The van der Waals surface area contributed by atoms with Crippen molar-refractivity contribution in [1.82, 2.24) is 5.32 Å². The number of carbonyl (C=O) groups excluding carboxylic acids is 1. The van der Waals surface area contributed by atoms with Gasteiger partial charge >= 0.3 is 11.9 Å². The topological polar surface area (TPSA) is 75.6 Å². The minimum Gasteiger partial charge on any atom is -0.480 e. The number of hydrogen-bond acceptors (Lipinski definition) is 4. The molecule has 0 bridgehead atoms. The van der Waals surface area contributed by atoms with E-state index in [-0.39, 0.29) is 12.6 Å². The van der Waals surface area contributed by atoms with Gasteiger partial charge in [0.1, 0.15) is 6.04 Å². The van der Waals surface area contributed by atoms with E-state index in [0.717, 1.165) is 6.42 Å². The monoisotopic (exact) mass is 203 g/mol. The average Bonchev–Trinajstić information content (AvgIpc) is 2.09. The van der Waals surface area contributed by atoms with Gasteiger partial charge in [-0.25, -0.2) is 0 Å². The molecule has 0 aliphatic heterocycles. The molecule has 0 aromatic heterocycles. The quantitative estimate of drug-likeness (QED) is 0.585. The number of hydrogen-bond donors (Lipinski definition) is 2. The molecule has 0 heterocycles. The first kappa shape index (κ1) is 12.9. The molecule has 0 aromatic carbocycles. The van der Waals surface area contributed by atoms with Crippen LogP contribution in [0.15, 0.2) is 0 Å². The van der Waals surface area contributed by atoms with Crippen molar-refractivity contribution in [2.24, 2.45) is 0 Å². The van der Waals surface area contributed by atoms with E-state index >= 15 is 0 Å². The smallest absolute Gasteiger partial charge is 0.320 e. The molecule has 5 nitrogen and oxygen atoms in total. The molecular formula is C9H17NO4. The van der Waals surface area contributed by atoms with Gasteiger partial charge in [0.25, 0.3) is 0 Å². The fourth-order valence-corrected chi connectivity index (χ4v) is 0.952. The normalized spacial score (nSPS) is 12.1. The van der Waals surface area contributed by atoms with Crippen LogP contribution in [0, 0.1) is 0 Å². The van der Waals surface area contributed by atoms with E-state index in [9.17, 15) is 9.59 Å². The number of carboxylic acids is 1. The summed E-state index contributed by atoms with van der Waals surface area (Å²) in [6.45, 7) is 4.05. The Morgan fingerprint density at radius 3 is 2.57 bits per heavy atom. The summed E-state index contributed by atoms with van der Waals surface area (Å²) in [5.41, 5.74) is 0. The number of esters is 1. The van der Waals surface area contributed by atoms with E-state index in [1.54, 1.807) is 0 Å². The van der Waals surface area contributed by atoms with E-state index < -0.39 is 12.0 Å². The SMILES string of the molecule is CCCN[C@@H](CCOC(C)=O)C(=O)O. The van der Waals surface area contributed by atoms with Crippen LogP contribution in [0.2, 0.25) is 0 Å². The van der Waals surface area contributed by atoms with Gasteiger partial charge < -0.3 is 15.2 Å². The molecule has 0 aliphatic rings. The number of carboxylic acid groups (broad SMARTS) is 1. The zero-order valence-electron chi connectivity index (χ0n) is 8.58. The van der Waals surface area contributed by atoms with Crippen LogP contribution in [0.3, 0.4) is 0 Å². The van der Waals surface area contributed by atoms with E-state index in [4.69, 9.17) is 5.11 Å². The predicted octanol–water partition coefficient (Wildman–Crippen LogP) is 0.392. The van der Waals surface area contributed by atoms with Crippen molar-refractivity contribution < 1.29 is 19.4 Å².